The third kappa shape index (κ3) is 5.04. The van der Waals surface area contributed by atoms with E-state index in [1.165, 1.54) is 0 Å². The molecule has 2 aromatic heterocycles. The summed E-state index contributed by atoms with van der Waals surface area (Å²) in [7, 11) is 4.04. The molecule has 1 N–H and O–H groups in total. The lowest BCUT2D eigenvalue weighted by Crippen LogP contribution is -2.49. The van der Waals surface area contributed by atoms with Crippen molar-refractivity contribution >= 4 is 11.8 Å². The number of carbonyl (C=O) groups excluding carboxylic acids is 1. The van der Waals surface area contributed by atoms with Crippen molar-refractivity contribution < 1.29 is 9.32 Å². The van der Waals surface area contributed by atoms with Crippen LogP contribution in [-0.4, -0.2) is 82.5 Å². The Labute approximate surface area is 147 Å². The van der Waals surface area contributed by atoms with Crippen LogP contribution in [0, 0.1) is 0 Å². The molecule has 0 atom stereocenters. The first-order valence-corrected chi connectivity index (χ1v) is 8.46. The van der Waals surface area contributed by atoms with E-state index in [0.29, 0.717) is 18.9 Å². The van der Waals surface area contributed by atoms with Gasteiger partial charge in [0.15, 0.2) is 5.82 Å². The molecule has 0 radical (unpaired) electrons. The largest absolute Gasteiger partial charge is 0.364 e. The SMILES string of the molecule is CN(C)CCn1ccc(NC(=O)N2CCN(Cc3ccon3)CC2)n1. The second kappa shape index (κ2) is 8.13. The minimum atomic E-state index is -0.0982. The highest BCUT2D eigenvalue weighted by Gasteiger charge is 2.22. The van der Waals surface area contributed by atoms with Crippen LogP contribution < -0.4 is 5.32 Å². The van der Waals surface area contributed by atoms with Gasteiger partial charge in [-0.2, -0.15) is 5.10 Å². The van der Waals surface area contributed by atoms with Gasteiger partial charge in [-0.1, -0.05) is 5.16 Å². The van der Waals surface area contributed by atoms with Crippen molar-refractivity contribution in [2.75, 3.05) is 52.1 Å². The van der Waals surface area contributed by atoms with Gasteiger partial charge in [-0.3, -0.25) is 14.9 Å². The highest BCUT2D eigenvalue weighted by Crippen LogP contribution is 2.09. The number of hydrogen-bond acceptors (Lipinski definition) is 6. The lowest BCUT2D eigenvalue weighted by Gasteiger charge is -2.34. The zero-order chi connectivity index (χ0) is 17.6. The summed E-state index contributed by atoms with van der Waals surface area (Å²) < 4.78 is 6.69. The average Bonchev–Trinajstić information content (AvgIpc) is 3.25. The minimum absolute atomic E-state index is 0.0982. The van der Waals surface area contributed by atoms with E-state index < -0.39 is 0 Å². The summed E-state index contributed by atoms with van der Waals surface area (Å²) in [5.41, 5.74) is 0.918. The molecule has 9 heteroatoms. The van der Waals surface area contributed by atoms with Crippen molar-refractivity contribution in [3.63, 3.8) is 0 Å². The molecule has 3 rings (SSSR count). The Bertz CT molecular complexity index is 660. The van der Waals surface area contributed by atoms with E-state index in [1.54, 1.807) is 6.26 Å². The van der Waals surface area contributed by atoms with Crippen molar-refractivity contribution in [2.24, 2.45) is 0 Å². The number of hydrogen-bond donors (Lipinski definition) is 1. The Hall–Kier alpha value is -2.39. The lowest BCUT2D eigenvalue weighted by molar-refractivity contribution is 0.141. The van der Waals surface area contributed by atoms with Crippen LogP contribution in [0.25, 0.3) is 0 Å². The van der Waals surface area contributed by atoms with E-state index in [1.807, 2.05) is 42.0 Å². The predicted octanol–water partition coefficient (Wildman–Crippen LogP) is 0.782. The topological polar surface area (TPSA) is 82.7 Å². The predicted molar refractivity (Wildman–Crippen MR) is 93.2 cm³/mol. The summed E-state index contributed by atoms with van der Waals surface area (Å²) in [6, 6.07) is 3.60. The molecule has 1 saturated heterocycles. The molecule has 0 aromatic carbocycles. The summed E-state index contributed by atoms with van der Waals surface area (Å²) in [5.74, 6) is 0.591. The zero-order valence-electron chi connectivity index (χ0n) is 14.8. The summed E-state index contributed by atoms with van der Waals surface area (Å²) in [4.78, 5) is 18.6. The number of nitrogens with zero attached hydrogens (tertiary/aromatic N) is 6. The van der Waals surface area contributed by atoms with Crippen LogP contribution in [0.3, 0.4) is 0 Å². The molecule has 0 saturated carbocycles. The molecule has 25 heavy (non-hydrogen) atoms. The van der Waals surface area contributed by atoms with Gasteiger partial charge in [0.25, 0.3) is 0 Å². The fraction of sp³-hybridized carbons (Fsp3) is 0.562. The van der Waals surface area contributed by atoms with Gasteiger partial charge in [-0.15, -0.1) is 0 Å². The Morgan fingerprint density at radius 2 is 2.08 bits per heavy atom. The molecular weight excluding hydrogens is 322 g/mol. The first-order chi connectivity index (χ1) is 12.1. The molecule has 0 bridgehead atoms. The van der Waals surface area contributed by atoms with Gasteiger partial charge in [-0.25, -0.2) is 4.79 Å². The number of likely N-dealkylation sites (N-methyl/N-ethyl adjacent to an activating group) is 1. The van der Waals surface area contributed by atoms with Crippen molar-refractivity contribution in [2.45, 2.75) is 13.1 Å². The number of carbonyl (C=O) groups is 1. The monoisotopic (exact) mass is 347 g/mol. The first kappa shape index (κ1) is 17.4. The van der Waals surface area contributed by atoms with Gasteiger partial charge >= 0.3 is 6.03 Å². The third-order valence-corrected chi connectivity index (χ3v) is 4.19. The van der Waals surface area contributed by atoms with Gasteiger partial charge in [-0.05, 0) is 14.1 Å². The molecule has 2 aromatic rings. The van der Waals surface area contributed by atoms with E-state index in [9.17, 15) is 4.79 Å². The maximum absolute atomic E-state index is 12.4. The highest BCUT2D eigenvalue weighted by molar-refractivity contribution is 5.88. The molecule has 1 fully saturated rings. The van der Waals surface area contributed by atoms with Gasteiger partial charge in [0.1, 0.15) is 6.26 Å². The maximum atomic E-state index is 12.4. The Morgan fingerprint density at radius 1 is 1.28 bits per heavy atom. The molecule has 136 valence electrons. The van der Waals surface area contributed by atoms with Gasteiger partial charge < -0.3 is 14.3 Å². The Balaban J connectivity index is 1.43. The molecular formula is C16H25N7O2. The van der Waals surface area contributed by atoms with Crippen molar-refractivity contribution in [1.29, 1.82) is 0 Å². The molecule has 1 aliphatic heterocycles. The first-order valence-electron chi connectivity index (χ1n) is 8.46. The van der Waals surface area contributed by atoms with Gasteiger partial charge in [0, 0.05) is 57.6 Å². The summed E-state index contributed by atoms with van der Waals surface area (Å²) >= 11 is 0. The number of urea groups is 1. The van der Waals surface area contributed by atoms with Crippen LogP contribution in [0.15, 0.2) is 29.1 Å². The fourth-order valence-electron chi connectivity index (χ4n) is 2.70. The van der Waals surface area contributed by atoms with Crippen LogP contribution in [0.2, 0.25) is 0 Å². The van der Waals surface area contributed by atoms with Crippen molar-refractivity contribution in [3.8, 4) is 0 Å². The lowest BCUT2D eigenvalue weighted by atomic mass is 10.3. The Morgan fingerprint density at radius 3 is 2.76 bits per heavy atom. The quantitative estimate of drug-likeness (QED) is 0.832. The van der Waals surface area contributed by atoms with Crippen LogP contribution in [0.1, 0.15) is 5.69 Å². The second-order valence-electron chi connectivity index (χ2n) is 6.45. The van der Waals surface area contributed by atoms with E-state index in [2.05, 4.69) is 25.4 Å². The van der Waals surface area contributed by atoms with E-state index in [-0.39, 0.29) is 6.03 Å². The summed E-state index contributed by atoms with van der Waals surface area (Å²) in [6.45, 7) is 5.46. The number of anilines is 1. The summed E-state index contributed by atoms with van der Waals surface area (Å²) in [5, 5.41) is 11.2. The number of rotatable bonds is 6. The third-order valence-electron chi connectivity index (χ3n) is 4.19. The van der Waals surface area contributed by atoms with E-state index in [4.69, 9.17) is 4.52 Å². The molecule has 0 spiro atoms. The highest BCUT2D eigenvalue weighted by atomic mass is 16.5. The standard InChI is InChI=1S/C16H25N7O2/c1-20(2)6-11-23-5-3-15(18-23)17-16(24)22-9-7-21(8-10-22)13-14-4-12-25-19-14/h3-5,12H,6-11,13H2,1-2H3,(H,17,18,24). The summed E-state index contributed by atoms with van der Waals surface area (Å²) in [6.07, 6.45) is 3.46. The van der Waals surface area contributed by atoms with Crippen molar-refractivity contribution in [1.82, 2.24) is 29.6 Å². The average molecular weight is 347 g/mol. The molecule has 0 aliphatic carbocycles. The number of piperazine rings is 1. The van der Waals surface area contributed by atoms with Gasteiger partial charge in [0.2, 0.25) is 0 Å². The maximum Gasteiger partial charge on any atom is 0.323 e. The molecule has 2 amide bonds. The number of nitrogens with one attached hydrogen (secondary N) is 1. The van der Waals surface area contributed by atoms with E-state index >= 15 is 0 Å². The molecule has 0 unspecified atom stereocenters. The number of amides is 2. The second-order valence-corrected chi connectivity index (χ2v) is 6.45. The molecule has 3 heterocycles. The van der Waals surface area contributed by atoms with Crippen LogP contribution in [0.4, 0.5) is 10.6 Å². The molecule has 9 nitrogen and oxygen atoms in total. The Kier molecular flexibility index (Phi) is 5.67. The van der Waals surface area contributed by atoms with Crippen molar-refractivity contribution in [3.05, 3.63) is 30.3 Å². The molecule has 1 aliphatic rings. The smallest absolute Gasteiger partial charge is 0.323 e. The van der Waals surface area contributed by atoms with Crippen LogP contribution >= 0.6 is 0 Å². The minimum Gasteiger partial charge on any atom is -0.364 e. The zero-order valence-corrected chi connectivity index (χ0v) is 14.8. The number of aromatic nitrogens is 3. The van der Waals surface area contributed by atoms with Crippen LogP contribution in [-0.2, 0) is 13.1 Å². The normalized spacial score (nSPS) is 15.7. The van der Waals surface area contributed by atoms with E-state index in [0.717, 1.165) is 38.4 Å². The fourth-order valence-corrected chi connectivity index (χ4v) is 2.70. The van der Waals surface area contributed by atoms with Crippen LogP contribution in [0.5, 0.6) is 0 Å². The van der Waals surface area contributed by atoms with Gasteiger partial charge in [0.05, 0.1) is 12.2 Å².